The standard InChI is InChI=1S/C14H19NO3S/c1-11(7-8-14(17)18)15-13(16)10-19-9-12-5-3-2-4-6-12/h2-6,11H,7-10H2,1H3,(H,15,16)(H,17,18). The molecule has 0 aliphatic rings. The number of carbonyl (C=O) groups is 2. The number of thioether (sulfide) groups is 1. The van der Waals surface area contributed by atoms with Crippen LogP contribution in [0.25, 0.3) is 0 Å². The molecule has 4 nitrogen and oxygen atoms in total. The molecule has 0 bridgehead atoms. The van der Waals surface area contributed by atoms with E-state index < -0.39 is 5.97 Å². The molecule has 104 valence electrons. The summed E-state index contributed by atoms with van der Waals surface area (Å²) in [5, 5.41) is 11.3. The summed E-state index contributed by atoms with van der Waals surface area (Å²) in [5.74, 6) is 0.322. The molecule has 1 rings (SSSR count). The molecule has 0 saturated carbocycles. The lowest BCUT2D eigenvalue weighted by atomic mass is 10.2. The van der Waals surface area contributed by atoms with Gasteiger partial charge in [-0.3, -0.25) is 9.59 Å². The molecule has 1 aromatic rings. The molecule has 1 amide bonds. The van der Waals surface area contributed by atoms with Gasteiger partial charge in [0.05, 0.1) is 5.75 Å². The van der Waals surface area contributed by atoms with Crippen LogP contribution < -0.4 is 5.32 Å². The van der Waals surface area contributed by atoms with Gasteiger partial charge in [-0.15, -0.1) is 11.8 Å². The minimum Gasteiger partial charge on any atom is -0.481 e. The molecule has 0 aliphatic heterocycles. The summed E-state index contributed by atoms with van der Waals surface area (Å²) in [7, 11) is 0. The van der Waals surface area contributed by atoms with E-state index >= 15 is 0 Å². The molecule has 1 aromatic carbocycles. The highest BCUT2D eigenvalue weighted by molar-refractivity contribution is 7.99. The number of hydrogen-bond acceptors (Lipinski definition) is 3. The Morgan fingerprint density at radius 3 is 2.63 bits per heavy atom. The molecule has 5 heteroatoms. The number of aliphatic carboxylic acids is 1. The van der Waals surface area contributed by atoms with Gasteiger partial charge in [0.15, 0.2) is 0 Å². The topological polar surface area (TPSA) is 66.4 Å². The lowest BCUT2D eigenvalue weighted by molar-refractivity contribution is -0.137. The average molecular weight is 281 g/mol. The first-order valence-corrected chi connectivity index (χ1v) is 7.36. The van der Waals surface area contributed by atoms with Gasteiger partial charge in [0.25, 0.3) is 0 Å². The first-order chi connectivity index (χ1) is 9.08. The lowest BCUT2D eigenvalue weighted by Crippen LogP contribution is -2.34. The largest absolute Gasteiger partial charge is 0.481 e. The number of hydrogen-bond donors (Lipinski definition) is 2. The highest BCUT2D eigenvalue weighted by atomic mass is 32.2. The van der Waals surface area contributed by atoms with E-state index in [1.54, 1.807) is 11.8 Å². The minimum atomic E-state index is -0.834. The van der Waals surface area contributed by atoms with E-state index in [1.165, 1.54) is 5.56 Å². The Hall–Kier alpha value is -1.49. The molecule has 0 radical (unpaired) electrons. The van der Waals surface area contributed by atoms with Gasteiger partial charge in [-0.05, 0) is 18.9 Å². The quantitative estimate of drug-likeness (QED) is 0.767. The van der Waals surface area contributed by atoms with Crippen LogP contribution in [-0.4, -0.2) is 28.8 Å². The first kappa shape index (κ1) is 15.6. The van der Waals surface area contributed by atoms with E-state index in [1.807, 2.05) is 37.3 Å². The molecule has 0 fully saturated rings. The average Bonchev–Trinajstić information content (AvgIpc) is 2.37. The van der Waals surface area contributed by atoms with Crippen LogP contribution in [0.15, 0.2) is 30.3 Å². The maximum absolute atomic E-state index is 11.6. The normalized spacial score (nSPS) is 11.8. The van der Waals surface area contributed by atoms with Crippen LogP contribution >= 0.6 is 11.8 Å². The zero-order chi connectivity index (χ0) is 14.1. The minimum absolute atomic E-state index is 0.0428. The van der Waals surface area contributed by atoms with Gasteiger partial charge < -0.3 is 10.4 Å². The van der Waals surface area contributed by atoms with Crippen LogP contribution in [0.1, 0.15) is 25.3 Å². The van der Waals surface area contributed by atoms with Crippen molar-refractivity contribution in [3.8, 4) is 0 Å². The molecule has 1 unspecified atom stereocenters. The predicted octanol–water partition coefficient (Wildman–Crippen LogP) is 2.29. The zero-order valence-corrected chi connectivity index (χ0v) is 11.8. The second kappa shape index (κ2) is 8.58. The molecule has 1 atom stereocenters. The number of carboxylic acids is 1. The molecule has 0 spiro atoms. The molecular formula is C14H19NO3S. The van der Waals surface area contributed by atoms with E-state index in [0.29, 0.717) is 12.2 Å². The summed E-state index contributed by atoms with van der Waals surface area (Å²) < 4.78 is 0. The first-order valence-electron chi connectivity index (χ1n) is 6.20. The third kappa shape index (κ3) is 7.51. The molecule has 0 aliphatic carbocycles. The number of nitrogens with one attached hydrogen (secondary N) is 1. The Kier molecular flexibility index (Phi) is 7.03. The third-order valence-electron chi connectivity index (χ3n) is 2.54. The maximum atomic E-state index is 11.6. The highest BCUT2D eigenvalue weighted by Gasteiger charge is 2.09. The second-order valence-corrected chi connectivity index (χ2v) is 5.36. The van der Waals surface area contributed by atoms with Gasteiger partial charge >= 0.3 is 5.97 Å². The van der Waals surface area contributed by atoms with E-state index in [9.17, 15) is 9.59 Å². The van der Waals surface area contributed by atoms with Gasteiger partial charge in [-0.25, -0.2) is 0 Å². The van der Waals surface area contributed by atoms with Crippen molar-refractivity contribution in [3.05, 3.63) is 35.9 Å². The molecule has 19 heavy (non-hydrogen) atoms. The Morgan fingerprint density at radius 1 is 1.32 bits per heavy atom. The van der Waals surface area contributed by atoms with Gasteiger partial charge in [0, 0.05) is 18.2 Å². The number of carbonyl (C=O) groups excluding carboxylic acids is 1. The van der Waals surface area contributed by atoms with Crippen molar-refractivity contribution in [1.82, 2.24) is 5.32 Å². The summed E-state index contributed by atoms with van der Waals surface area (Å²) in [6.07, 6.45) is 0.545. The van der Waals surface area contributed by atoms with Crippen molar-refractivity contribution < 1.29 is 14.7 Å². The van der Waals surface area contributed by atoms with Crippen LogP contribution in [0.5, 0.6) is 0 Å². The van der Waals surface area contributed by atoms with Crippen LogP contribution in [-0.2, 0) is 15.3 Å². The second-order valence-electron chi connectivity index (χ2n) is 4.38. The molecule has 2 N–H and O–H groups in total. The van der Waals surface area contributed by atoms with Crippen molar-refractivity contribution >= 4 is 23.6 Å². The van der Waals surface area contributed by atoms with E-state index in [2.05, 4.69) is 5.32 Å². The number of rotatable bonds is 8. The Bertz CT molecular complexity index is 408. The molecular weight excluding hydrogens is 262 g/mol. The molecule has 0 aromatic heterocycles. The maximum Gasteiger partial charge on any atom is 0.303 e. The molecule has 0 heterocycles. The monoisotopic (exact) mass is 281 g/mol. The predicted molar refractivity (Wildman–Crippen MR) is 77.1 cm³/mol. The van der Waals surface area contributed by atoms with Crippen molar-refractivity contribution in [3.63, 3.8) is 0 Å². The zero-order valence-electron chi connectivity index (χ0n) is 11.0. The van der Waals surface area contributed by atoms with Crippen molar-refractivity contribution in [2.24, 2.45) is 0 Å². The van der Waals surface area contributed by atoms with E-state index in [0.717, 1.165) is 5.75 Å². The van der Waals surface area contributed by atoms with Crippen LogP contribution in [0.2, 0.25) is 0 Å². The van der Waals surface area contributed by atoms with Crippen molar-refractivity contribution in [1.29, 1.82) is 0 Å². The van der Waals surface area contributed by atoms with Gasteiger partial charge in [0.1, 0.15) is 0 Å². The summed E-state index contributed by atoms with van der Waals surface area (Å²) in [4.78, 5) is 22.0. The van der Waals surface area contributed by atoms with Gasteiger partial charge in [0.2, 0.25) is 5.91 Å². The van der Waals surface area contributed by atoms with Crippen LogP contribution in [0, 0.1) is 0 Å². The lowest BCUT2D eigenvalue weighted by Gasteiger charge is -2.12. The number of benzene rings is 1. The fourth-order valence-electron chi connectivity index (χ4n) is 1.56. The van der Waals surface area contributed by atoms with Gasteiger partial charge in [-0.2, -0.15) is 0 Å². The fourth-order valence-corrected chi connectivity index (χ4v) is 2.36. The third-order valence-corrected chi connectivity index (χ3v) is 3.55. The summed E-state index contributed by atoms with van der Waals surface area (Å²) in [6.45, 7) is 1.82. The van der Waals surface area contributed by atoms with Crippen LogP contribution in [0.3, 0.4) is 0 Å². The number of carboxylic acid groups (broad SMARTS) is 1. The highest BCUT2D eigenvalue weighted by Crippen LogP contribution is 2.11. The molecule has 0 saturated heterocycles. The fraction of sp³-hybridized carbons (Fsp3) is 0.429. The smallest absolute Gasteiger partial charge is 0.303 e. The summed E-state index contributed by atoms with van der Waals surface area (Å²) >= 11 is 1.55. The van der Waals surface area contributed by atoms with E-state index in [4.69, 9.17) is 5.11 Å². The van der Waals surface area contributed by atoms with Crippen molar-refractivity contribution in [2.75, 3.05) is 5.75 Å². The SMILES string of the molecule is CC(CCC(=O)O)NC(=O)CSCc1ccccc1. The summed E-state index contributed by atoms with van der Waals surface area (Å²) in [6, 6.07) is 9.88. The number of amides is 1. The van der Waals surface area contributed by atoms with Crippen LogP contribution in [0.4, 0.5) is 0 Å². The van der Waals surface area contributed by atoms with Gasteiger partial charge in [-0.1, -0.05) is 30.3 Å². The van der Waals surface area contributed by atoms with Crippen molar-refractivity contribution in [2.45, 2.75) is 31.6 Å². The van der Waals surface area contributed by atoms with E-state index in [-0.39, 0.29) is 18.4 Å². The Morgan fingerprint density at radius 2 is 2.00 bits per heavy atom. The Labute approximate surface area is 117 Å². The Balaban J connectivity index is 2.15. The summed E-state index contributed by atoms with van der Waals surface area (Å²) in [5.41, 5.74) is 1.19.